The highest BCUT2D eigenvalue weighted by Gasteiger charge is 2.05. The number of nitrogens with zero attached hydrogens (tertiary/aromatic N) is 1. The number of rotatable bonds is 4. The first-order valence-electron chi connectivity index (χ1n) is 4.28. The molecule has 0 aliphatic rings. The number of aromatic amines is 1. The molecule has 0 amide bonds. The molecule has 0 bridgehead atoms. The zero-order chi connectivity index (χ0) is 8.97. The monoisotopic (exact) mass is 166 g/mol. The van der Waals surface area contributed by atoms with E-state index in [1.165, 1.54) is 0 Å². The lowest BCUT2D eigenvalue weighted by molar-refractivity contribution is 0.111. The predicted octanol–water partition coefficient (Wildman–Crippen LogP) is 1.87. The molecule has 0 aliphatic carbocycles. The van der Waals surface area contributed by atoms with Gasteiger partial charge in [-0.05, 0) is 19.8 Å². The van der Waals surface area contributed by atoms with Crippen LogP contribution in [0.2, 0.25) is 0 Å². The van der Waals surface area contributed by atoms with E-state index >= 15 is 0 Å². The number of unbranched alkanes of at least 4 members (excludes halogenated alkanes) is 1. The van der Waals surface area contributed by atoms with Gasteiger partial charge < -0.3 is 4.98 Å². The Hall–Kier alpha value is -1.12. The zero-order valence-electron chi connectivity index (χ0n) is 7.55. The molecular weight excluding hydrogens is 152 g/mol. The Bertz CT molecular complexity index is 265. The second-order valence-electron chi connectivity index (χ2n) is 2.91. The third kappa shape index (κ3) is 1.94. The van der Waals surface area contributed by atoms with E-state index in [0.717, 1.165) is 37.1 Å². The van der Waals surface area contributed by atoms with Gasteiger partial charge in [-0.25, -0.2) is 4.98 Å². The quantitative estimate of drug-likeness (QED) is 0.694. The van der Waals surface area contributed by atoms with Gasteiger partial charge in [-0.15, -0.1) is 0 Å². The van der Waals surface area contributed by atoms with Crippen LogP contribution in [0.1, 0.15) is 41.8 Å². The molecule has 0 radical (unpaired) electrons. The smallest absolute Gasteiger partial charge is 0.170 e. The van der Waals surface area contributed by atoms with Crippen molar-refractivity contribution in [1.29, 1.82) is 0 Å². The van der Waals surface area contributed by atoms with Gasteiger partial charge in [-0.1, -0.05) is 13.3 Å². The first-order valence-corrected chi connectivity index (χ1v) is 4.28. The van der Waals surface area contributed by atoms with Crippen LogP contribution in [0.4, 0.5) is 0 Å². The van der Waals surface area contributed by atoms with E-state index in [2.05, 4.69) is 16.9 Å². The summed E-state index contributed by atoms with van der Waals surface area (Å²) in [5.74, 6) is 0.822. The fraction of sp³-hybridized carbons (Fsp3) is 0.556. The minimum Gasteiger partial charge on any atom is -0.345 e. The maximum Gasteiger partial charge on any atom is 0.170 e. The number of hydrogen-bond acceptors (Lipinski definition) is 2. The van der Waals surface area contributed by atoms with Crippen molar-refractivity contribution in [3.8, 4) is 0 Å². The lowest BCUT2D eigenvalue weighted by Crippen LogP contribution is -1.90. The lowest BCUT2D eigenvalue weighted by atomic mass is 10.2. The van der Waals surface area contributed by atoms with Crippen LogP contribution in [0.15, 0.2) is 0 Å². The molecule has 1 aromatic heterocycles. The molecule has 1 aromatic rings. The van der Waals surface area contributed by atoms with Crippen molar-refractivity contribution in [2.45, 2.75) is 33.1 Å². The minimum absolute atomic E-state index is 0.570. The molecule has 0 unspecified atom stereocenters. The Morgan fingerprint density at radius 3 is 2.92 bits per heavy atom. The summed E-state index contributed by atoms with van der Waals surface area (Å²) in [4.78, 5) is 17.7. The summed E-state index contributed by atoms with van der Waals surface area (Å²) < 4.78 is 0. The average molecular weight is 166 g/mol. The Balaban J connectivity index is 2.74. The number of aromatic nitrogens is 2. The minimum atomic E-state index is 0.570. The maximum absolute atomic E-state index is 10.5. The van der Waals surface area contributed by atoms with Crippen molar-refractivity contribution >= 4 is 6.29 Å². The number of carbonyl (C=O) groups excluding carboxylic acids is 1. The highest BCUT2D eigenvalue weighted by molar-refractivity contribution is 5.73. The van der Waals surface area contributed by atoms with E-state index in [-0.39, 0.29) is 0 Å². The fourth-order valence-corrected chi connectivity index (χ4v) is 1.20. The third-order valence-corrected chi connectivity index (χ3v) is 1.82. The van der Waals surface area contributed by atoms with E-state index in [4.69, 9.17) is 0 Å². The summed E-state index contributed by atoms with van der Waals surface area (Å²) in [6.45, 7) is 3.99. The Morgan fingerprint density at radius 1 is 1.58 bits per heavy atom. The van der Waals surface area contributed by atoms with E-state index in [1.54, 1.807) is 0 Å². The van der Waals surface area contributed by atoms with Gasteiger partial charge in [0, 0.05) is 5.69 Å². The molecule has 1 heterocycles. The topological polar surface area (TPSA) is 45.8 Å². The lowest BCUT2D eigenvalue weighted by Gasteiger charge is -1.94. The van der Waals surface area contributed by atoms with Crippen LogP contribution in [0.25, 0.3) is 0 Å². The summed E-state index contributed by atoms with van der Waals surface area (Å²) in [7, 11) is 0. The molecule has 0 atom stereocenters. The Kier molecular flexibility index (Phi) is 3.02. The predicted molar refractivity (Wildman–Crippen MR) is 47.3 cm³/mol. The second kappa shape index (κ2) is 4.04. The molecule has 0 fully saturated rings. The number of hydrogen-bond donors (Lipinski definition) is 1. The van der Waals surface area contributed by atoms with Crippen molar-refractivity contribution in [3.05, 3.63) is 17.2 Å². The molecule has 0 spiro atoms. The first-order chi connectivity index (χ1) is 5.77. The molecule has 1 rings (SSSR count). The normalized spacial score (nSPS) is 10.2. The van der Waals surface area contributed by atoms with Crippen LogP contribution in [0.3, 0.4) is 0 Å². The van der Waals surface area contributed by atoms with Crippen LogP contribution in [0, 0.1) is 6.92 Å². The Morgan fingerprint density at radius 2 is 2.33 bits per heavy atom. The van der Waals surface area contributed by atoms with Gasteiger partial charge in [0.15, 0.2) is 6.29 Å². The van der Waals surface area contributed by atoms with Gasteiger partial charge in [-0.3, -0.25) is 4.79 Å². The van der Waals surface area contributed by atoms with Crippen LogP contribution >= 0.6 is 0 Å². The molecule has 12 heavy (non-hydrogen) atoms. The van der Waals surface area contributed by atoms with Crippen LogP contribution in [0.5, 0.6) is 0 Å². The van der Waals surface area contributed by atoms with Crippen molar-refractivity contribution in [2.75, 3.05) is 0 Å². The molecular formula is C9H14N2O. The maximum atomic E-state index is 10.5. The number of aryl methyl sites for hydroxylation is 2. The molecule has 0 aromatic carbocycles. The van der Waals surface area contributed by atoms with Gasteiger partial charge in [0.1, 0.15) is 11.5 Å². The summed E-state index contributed by atoms with van der Waals surface area (Å²) in [6.07, 6.45) is 3.97. The first kappa shape index (κ1) is 8.97. The number of imidazole rings is 1. The van der Waals surface area contributed by atoms with E-state index in [9.17, 15) is 4.79 Å². The van der Waals surface area contributed by atoms with Gasteiger partial charge in [0.2, 0.25) is 0 Å². The Labute approximate surface area is 72.2 Å². The van der Waals surface area contributed by atoms with Gasteiger partial charge >= 0.3 is 0 Å². The summed E-state index contributed by atoms with van der Waals surface area (Å²) >= 11 is 0. The number of H-pyrrole nitrogens is 1. The molecule has 3 heteroatoms. The van der Waals surface area contributed by atoms with E-state index in [0.29, 0.717) is 5.69 Å². The number of carbonyl (C=O) groups is 1. The summed E-state index contributed by atoms with van der Waals surface area (Å²) in [5, 5.41) is 0. The number of nitrogens with one attached hydrogen (secondary N) is 1. The van der Waals surface area contributed by atoms with Gasteiger partial charge in [0.25, 0.3) is 0 Å². The molecule has 0 aliphatic heterocycles. The van der Waals surface area contributed by atoms with Crippen LogP contribution in [-0.4, -0.2) is 16.3 Å². The molecule has 0 saturated heterocycles. The highest BCUT2D eigenvalue weighted by atomic mass is 16.1. The molecule has 3 nitrogen and oxygen atoms in total. The van der Waals surface area contributed by atoms with Crippen molar-refractivity contribution in [3.63, 3.8) is 0 Å². The second-order valence-corrected chi connectivity index (χ2v) is 2.91. The third-order valence-electron chi connectivity index (χ3n) is 1.82. The summed E-state index contributed by atoms with van der Waals surface area (Å²) in [5.41, 5.74) is 1.55. The molecule has 66 valence electrons. The van der Waals surface area contributed by atoms with Crippen molar-refractivity contribution < 1.29 is 4.79 Å². The van der Waals surface area contributed by atoms with Crippen molar-refractivity contribution in [1.82, 2.24) is 9.97 Å². The SMILES string of the molecule is CCCCc1[nH]c(C)nc1C=O. The highest BCUT2D eigenvalue weighted by Crippen LogP contribution is 2.07. The fourth-order valence-electron chi connectivity index (χ4n) is 1.20. The molecule has 0 saturated carbocycles. The van der Waals surface area contributed by atoms with Crippen molar-refractivity contribution in [2.24, 2.45) is 0 Å². The van der Waals surface area contributed by atoms with Gasteiger partial charge in [-0.2, -0.15) is 0 Å². The largest absolute Gasteiger partial charge is 0.345 e. The average Bonchev–Trinajstić information content (AvgIpc) is 2.42. The summed E-state index contributed by atoms with van der Waals surface area (Å²) in [6, 6.07) is 0. The van der Waals surface area contributed by atoms with Crippen LogP contribution in [-0.2, 0) is 6.42 Å². The van der Waals surface area contributed by atoms with Crippen LogP contribution < -0.4 is 0 Å². The van der Waals surface area contributed by atoms with E-state index in [1.807, 2.05) is 6.92 Å². The molecule has 1 N–H and O–H groups in total. The van der Waals surface area contributed by atoms with E-state index < -0.39 is 0 Å². The standard InChI is InChI=1S/C9H14N2O/c1-3-4-5-8-9(6-12)11-7(2)10-8/h6H,3-5H2,1-2H3,(H,10,11). The number of aldehydes is 1. The zero-order valence-corrected chi connectivity index (χ0v) is 7.55. The van der Waals surface area contributed by atoms with Gasteiger partial charge in [0.05, 0.1) is 0 Å².